The number of ether oxygens (including phenoxy) is 1. The second-order valence-electron chi connectivity index (χ2n) is 3.78. The highest BCUT2D eigenvalue weighted by Crippen LogP contribution is 2.22. The molecule has 0 bridgehead atoms. The molecule has 0 N–H and O–H groups in total. The molecule has 1 aromatic rings. The minimum Gasteiger partial charge on any atom is -0.492 e. The zero-order chi connectivity index (χ0) is 11.3. The second-order valence-corrected chi connectivity index (χ2v) is 4.70. The molecule has 0 atom stereocenters. The molecule has 15 heavy (non-hydrogen) atoms. The zero-order valence-electron chi connectivity index (χ0n) is 8.96. The molecule has 3 heteroatoms. The standard InChI is InChI=1S/C12H14BrNO/c1-9(2)5-6-15-12-4-3-11(13)7-10(12)8-14/h3-4,7,9H,5-6H2,1-2H3. The molecule has 1 aromatic carbocycles. The van der Waals surface area contributed by atoms with Crippen LogP contribution in [0.4, 0.5) is 0 Å². The van der Waals surface area contributed by atoms with E-state index in [4.69, 9.17) is 10.00 Å². The van der Waals surface area contributed by atoms with Crippen molar-refractivity contribution in [2.45, 2.75) is 20.3 Å². The summed E-state index contributed by atoms with van der Waals surface area (Å²) in [5.41, 5.74) is 0.577. The van der Waals surface area contributed by atoms with E-state index in [1.54, 1.807) is 6.07 Å². The van der Waals surface area contributed by atoms with E-state index in [2.05, 4.69) is 35.8 Å². The van der Waals surface area contributed by atoms with Gasteiger partial charge in [-0.2, -0.15) is 5.26 Å². The Hall–Kier alpha value is -1.01. The first kappa shape index (κ1) is 12.1. The van der Waals surface area contributed by atoms with Crippen LogP contribution in [-0.4, -0.2) is 6.61 Å². The summed E-state index contributed by atoms with van der Waals surface area (Å²) in [5.74, 6) is 1.28. The molecule has 0 saturated heterocycles. The fourth-order valence-electron chi connectivity index (χ4n) is 1.12. The number of nitrogens with zero attached hydrogens (tertiary/aromatic N) is 1. The first-order valence-electron chi connectivity index (χ1n) is 4.96. The summed E-state index contributed by atoms with van der Waals surface area (Å²) >= 11 is 3.32. The van der Waals surface area contributed by atoms with Crippen LogP contribution in [0, 0.1) is 17.2 Å². The molecule has 0 radical (unpaired) electrons. The van der Waals surface area contributed by atoms with Crippen molar-refractivity contribution in [2.75, 3.05) is 6.61 Å². The third kappa shape index (κ3) is 3.93. The van der Waals surface area contributed by atoms with E-state index < -0.39 is 0 Å². The van der Waals surface area contributed by atoms with Crippen LogP contribution in [0.25, 0.3) is 0 Å². The summed E-state index contributed by atoms with van der Waals surface area (Å²) in [6.07, 6.45) is 1.00. The molecule has 0 aliphatic heterocycles. The summed E-state index contributed by atoms with van der Waals surface area (Å²) in [6, 6.07) is 7.59. The minimum absolute atomic E-state index is 0.577. The van der Waals surface area contributed by atoms with E-state index in [1.165, 1.54) is 0 Å². The normalized spacial score (nSPS) is 10.1. The molecule has 0 aromatic heterocycles. The van der Waals surface area contributed by atoms with Gasteiger partial charge in [0, 0.05) is 4.47 Å². The Morgan fingerprint density at radius 2 is 2.20 bits per heavy atom. The van der Waals surface area contributed by atoms with Crippen LogP contribution >= 0.6 is 15.9 Å². The molecule has 0 aliphatic carbocycles. The van der Waals surface area contributed by atoms with Crippen molar-refractivity contribution in [1.29, 1.82) is 5.26 Å². The van der Waals surface area contributed by atoms with Gasteiger partial charge in [0.05, 0.1) is 12.2 Å². The lowest BCUT2D eigenvalue weighted by Crippen LogP contribution is -2.02. The first-order chi connectivity index (χ1) is 7.13. The van der Waals surface area contributed by atoms with Gasteiger partial charge in [-0.05, 0) is 30.5 Å². The third-order valence-electron chi connectivity index (χ3n) is 2.01. The van der Waals surface area contributed by atoms with Crippen molar-refractivity contribution < 1.29 is 4.74 Å². The molecule has 0 fully saturated rings. The van der Waals surface area contributed by atoms with Gasteiger partial charge in [0.2, 0.25) is 0 Å². The van der Waals surface area contributed by atoms with E-state index in [9.17, 15) is 0 Å². The number of hydrogen-bond donors (Lipinski definition) is 0. The van der Waals surface area contributed by atoms with E-state index in [0.717, 1.165) is 10.9 Å². The van der Waals surface area contributed by atoms with Gasteiger partial charge >= 0.3 is 0 Å². The Kier molecular flexibility index (Phi) is 4.64. The minimum atomic E-state index is 0.577. The van der Waals surface area contributed by atoms with Crippen molar-refractivity contribution in [3.8, 4) is 11.8 Å². The zero-order valence-corrected chi connectivity index (χ0v) is 10.5. The fraction of sp³-hybridized carbons (Fsp3) is 0.417. The van der Waals surface area contributed by atoms with E-state index in [0.29, 0.717) is 23.8 Å². The number of rotatable bonds is 4. The number of hydrogen-bond acceptors (Lipinski definition) is 2. The van der Waals surface area contributed by atoms with E-state index in [-0.39, 0.29) is 0 Å². The van der Waals surface area contributed by atoms with Gasteiger partial charge in [-0.15, -0.1) is 0 Å². The average Bonchev–Trinajstić information content (AvgIpc) is 2.19. The second kappa shape index (κ2) is 5.77. The Balaban J connectivity index is 2.65. The Morgan fingerprint density at radius 3 is 2.80 bits per heavy atom. The van der Waals surface area contributed by atoms with Gasteiger partial charge in [-0.1, -0.05) is 29.8 Å². The molecule has 1 rings (SSSR count). The lowest BCUT2D eigenvalue weighted by atomic mass is 10.1. The predicted octanol–water partition coefficient (Wildman–Crippen LogP) is 3.75. The molecular weight excluding hydrogens is 254 g/mol. The van der Waals surface area contributed by atoms with Crippen molar-refractivity contribution in [3.63, 3.8) is 0 Å². The van der Waals surface area contributed by atoms with Gasteiger partial charge in [0.15, 0.2) is 0 Å². The first-order valence-corrected chi connectivity index (χ1v) is 5.75. The van der Waals surface area contributed by atoms with Crippen LogP contribution in [0.15, 0.2) is 22.7 Å². The summed E-state index contributed by atoms with van der Waals surface area (Å²) in [6.45, 7) is 4.96. The molecule has 0 saturated carbocycles. The molecule has 0 amide bonds. The Morgan fingerprint density at radius 1 is 1.47 bits per heavy atom. The van der Waals surface area contributed by atoms with Crippen LogP contribution in [0.2, 0.25) is 0 Å². The van der Waals surface area contributed by atoms with Crippen LogP contribution in [-0.2, 0) is 0 Å². The monoisotopic (exact) mass is 267 g/mol. The summed E-state index contributed by atoms with van der Waals surface area (Å²) in [7, 11) is 0. The number of benzene rings is 1. The molecule has 0 heterocycles. The Bertz CT molecular complexity index is 368. The van der Waals surface area contributed by atoms with E-state index >= 15 is 0 Å². The summed E-state index contributed by atoms with van der Waals surface area (Å²) < 4.78 is 6.45. The maximum absolute atomic E-state index is 8.90. The van der Waals surface area contributed by atoms with Crippen LogP contribution in [0.5, 0.6) is 5.75 Å². The molecule has 80 valence electrons. The number of nitriles is 1. The SMILES string of the molecule is CC(C)CCOc1ccc(Br)cc1C#N. The smallest absolute Gasteiger partial charge is 0.137 e. The van der Waals surface area contributed by atoms with Crippen molar-refractivity contribution >= 4 is 15.9 Å². The molecule has 0 unspecified atom stereocenters. The third-order valence-corrected chi connectivity index (χ3v) is 2.51. The van der Waals surface area contributed by atoms with Crippen molar-refractivity contribution in [1.82, 2.24) is 0 Å². The van der Waals surface area contributed by atoms with Gasteiger partial charge < -0.3 is 4.74 Å². The van der Waals surface area contributed by atoms with Gasteiger partial charge in [0.1, 0.15) is 11.8 Å². The van der Waals surface area contributed by atoms with Gasteiger partial charge in [-0.25, -0.2) is 0 Å². The average molecular weight is 268 g/mol. The molecule has 0 aliphatic rings. The van der Waals surface area contributed by atoms with Crippen LogP contribution < -0.4 is 4.74 Å². The predicted molar refractivity (Wildman–Crippen MR) is 63.8 cm³/mol. The maximum Gasteiger partial charge on any atom is 0.137 e. The highest BCUT2D eigenvalue weighted by molar-refractivity contribution is 9.10. The lowest BCUT2D eigenvalue weighted by Gasteiger charge is -2.09. The maximum atomic E-state index is 8.90. The molecule has 2 nitrogen and oxygen atoms in total. The van der Waals surface area contributed by atoms with Crippen molar-refractivity contribution in [2.24, 2.45) is 5.92 Å². The molecular formula is C12H14BrNO. The summed E-state index contributed by atoms with van der Waals surface area (Å²) in [4.78, 5) is 0. The fourth-order valence-corrected chi connectivity index (χ4v) is 1.48. The topological polar surface area (TPSA) is 33.0 Å². The van der Waals surface area contributed by atoms with Gasteiger partial charge in [0.25, 0.3) is 0 Å². The van der Waals surface area contributed by atoms with Gasteiger partial charge in [-0.3, -0.25) is 0 Å². The van der Waals surface area contributed by atoms with E-state index in [1.807, 2.05) is 12.1 Å². The lowest BCUT2D eigenvalue weighted by molar-refractivity contribution is 0.289. The van der Waals surface area contributed by atoms with Crippen LogP contribution in [0.1, 0.15) is 25.8 Å². The molecule has 0 spiro atoms. The highest BCUT2D eigenvalue weighted by atomic mass is 79.9. The Labute approximate surface area is 99.0 Å². The highest BCUT2D eigenvalue weighted by Gasteiger charge is 2.04. The van der Waals surface area contributed by atoms with Crippen molar-refractivity contribution in [3.05, 3.63) is 28.2 Å². The quantitative estimate of drug-likeness (QED) is 0.833. The largest absolute Gasteiger partial charge is 0.492 e. The van der Waals surface area contributed by atoms with Crippen LogP contribution in [0.3, 0.4) is 0 Å². The summed E-state index contributed by atoms with van der Waals surface area (Å²) in [5, 5.41) is 8.90. The number of halogens is 1.